The largest absolute Gasteiger partial charge is 0.0623 e. The van der Waals surface area contributed by atoms with Gasteiger partial charge in [-0.2, -0.15) is 0 Å². The molecule has 3 aromatic carbocycles. The van der Waals surface area contributed by atoms with Crippen molar-refractivity contribution < 1.29 is 0 Å². The van der Waals surface area contributed by atoms with Gasteiger partial charge < -0.3 is 9.97 Å². The van der Waals surface area contributed by atoms with Crippen molar-refractivity contribution >= 4 is 81.2 Å². The average Bonchev–Trinajstić information content (AvgIpc) is 3.88. The van der Waals surface area contributed by atoms with Crippen molar-refractivity contribution in [1.29, 1.82) is 0 Å². The number of hydrogen-bond acceptors (Lipinski definition) is 2. The van der Waals surface area contributed by atoms with Crippen LogP contribution >= 0.6 is 0 Å². The van der Waals surface area contributed by atoms with Crippen LogP contribution in [-0.2, 0) is 6.42 Å². The first-order valence-electron chi connectivity index (χ1n) is 14.5. The van der Waals surface area contributed by atoms with Crippen molar-refractivity contribution in [3.63, 3.8) is 0 Å². The molecule has 1 aliphatic carbocycles. The van der Waals surface area contributed by atoms with E-state index in [1.54, 1.807) is 0 Å². The zero-order valence-corrected chi connectivity index (χ0v) is 28.4. The maximum atomic E-state index is 4.63. The second kappa shape index (κ2) is 14.8. The van der Waals surface area contributed by atoms with E-state index in [1.807, 2.05) is 85.0 Å². The molecule has 5 heterocycles. The third-order valence-electron chi connectivity index (χ3n) is 7.41. The van der Waals surface area contributed by atoms with Gasteiger partial charge in [-0.3, -0.25) is 0 Å². The summed E-state index contributed by atoms with van der Waals surface area (Å²) in [4.78, 5) is 16.0. The van der Waals surface area contributed by atoms with Crippen molar-refractivity contribution in [2.75, 3.05) is 0 Å². The van der Waals surface area contributed by atoms with E-state index in [-0.39, 0.29) is 34.9 Å². The average molecular weight is 708 g/mol. The van der Waals surface area contributed by atoms with Crippen LogP contribution in [0.15, 0.2) is 133 Å². The minimum Gasteiger partial charge on any atom is -0.0623 e. The number of aromatic nitrogens is 4. The standard InChI is InChI=1S/C20H14N4.C13H10.C6H6.H4Si.Sn.2H/c1-2-14-10-16-5-6-18(23-16)12-20-8-7-19(24-20)11-17-4-3-15(22-17)9-13(1)21-14;1-3-7-12-10(5-1)9-11-6-2-4-8-13(11)12;1-2-4-6-5-3-1;;;;/h1-12,21,24H;1-8H,9H2;1-6H;1H4;;;. The number of fused-ring (bicyclic) bond motifs is 11. The van der Waals surface area contributed by atoms with Gasteiger partial charge in [0.1, 0.15) is 0 Å². The fraction of sp³-hybridized carbons (Fsp3) is 0.0256. The minimum absolute atomic E-state index is 0. The number of hydrogen-bond donors (Lipinski definition) is 2. The maximum Gasteiger partial charge on any atom is -0.00135 e. The molecule has 3 aromatic heterocycles. The van der Waals surface area contributed by atoms with E-state index >= 15 is 0 Å². The van der Waals surface area contributed by atoms with Gasteiger partial charge in [-0.1, -0.05) is 84.9 Å². The van der Waals surface area contributed by atoms with Crippen molar-refractivity contribution in [1.82, 2.24) is 19.9 Å². The molecule has 2 radical (unpaired) electrons. The van der Waals surface area contributed by atoms with Gasteiger partial charge in [0.25, 0.3) is 0 Å². The zero-order valence-electron chi connectivity index (χ0n) is 24.3. The summed E-state index contributed by atoms with van der Waals surface area (Å²) in [6, 6.07) is 45.7. The Morgan fingerprint density at radius 1 is 0.400 bits per heavy atom. The zero-order chi connectivity index (χ0) is 28.8. The minimum atomic E-state index is 0. The SMILES string of the molecule is C1=Cc2cc3ccc(cc4nc(cc5ccc(cc1n2)[nH]5)C=C4)[nH]3.[SiH4].[SnH2].c1ccc2c(c1)Cc1ccccc1-2.c1ccccc1. The molecule has 0 amide bonds. The Morgan fingerprint density at radius 2 is 0.711 bits per heavy atom. The van der Waals surface area contributed by atoms with Crippen LogP contribution in [0.4, 0.5) is 0 Å². The first-order chi connectivity index (χ1) is 21.2. The summed E-state index contributed by atoms with van der Waals surface area (Å²) in [7, 11) is 0. The van der Waals surface area contributed by atoms with Gasteiger partial charge in [-0.25, -0.2) is 9.97 Å². The number of benzene rings is 3. The van der Waals surface area contributed by atoms with Crippen LogP contribution in [0.3, 0.4) is 0 Å². The van der Waals surface area contributed by atoms with Gasteiger partial charge >= 0.3 is 23.9 Å². The first kappa shape index (κ1) is 31.7. The molecule has 2 aliphatic heterocycles. The molecule has 6 heteroatoms. The molecule has 4 nitrogen and oxygen atoms in total. The Labute approximate surface area is 284 Å². The van der Waals surface area contributed by atoms with Crippen molar-refractivity contribution in [3.05, 3.63) is 167 Å². The monoisotopic (exact) mass is 708 g/mol. The first-order valence-corrected chi connectivity index (χ1v) is 14.5. The van der Waals surface area contributed by atoms with Gasteiger partial charge in [0.05, 0.1) is 22.8 Å². The summed E-state index contributed by atoms with van der Waals surface area (Å²) in [6.45, 7) is 0. The van der Waals surface area contributed by atoms with Crippen LogP contribution in [0.1, 0.15) is 33.9 Å². The molecule has 45 heavy (non-hydrogen) atoms. The van der Waals surface area contributed by atoms with Crippen LogP contribution in [-0.4, -0.2) is 54.8 Å². The van der Waals surface area contributed by atoms with Gasteiger partial charge in [0.2, 0.25) is 0 Å². The Balaban J connectivity index is 0.000000160. The number of nitrogens with one attached hydrogen (secondary N) is 2. The predicted octanol–water partition coefficient (Wildman–Crippen LogP) is 7.23. The summed E-state index contributed by atoms with van der Waals surface area (Å²) in [5.41, 5.74) is 13.6. The number of rotatable bonds is 0. The van der Waals surface area contributed by atoms with E-state index in [0.717, 1.165) is 51.3 Å². The van der Waals surface area contributed by atoms with Crippen LogP contribution in [0, 0.1) is 0 Å². The topological polar surface area (TPSA) is 57.4 Å². The molecule has 2 N–H and O–H groups in total. The summed E-state index contributed by atoms with van der Waals surface area (Å²) in [5.74, 6) is 0. The molecule has 9 rings (SSSR count). The Morgan fingerprint density at radius 3 is 1.04 bits per heavy atom. The molecular weight excluding hydrogens is 671 g/mol. The van der Waals surface area contributed by atoms with E-state index in [9.17, 15) is 0 Å². The molecule has 220 valence electrons. The fourth-order valence-electron chi connectivity index (χ4n) is 5.41. The third-order valence-corrected chi connectivity index (χ3v) is 7.41. The second-order valence-corrected chi connectivity index (χ2v) is 10.6. The van der Waals surface area contributed by atoms with Crippen molar-refractivity contribution in [2.24, 2.45) is 0 Å². The van der Waals surface area contributed by atoms with E-state index < -0.39 is 0 Å². The van der Waals surface area contributed by atoms with Crippen LogP contribution in [0.25, 0.3) is 57.5 Å². The number of nitrogens with zero attached hydrogens (tertiary/aromatic N) is 2. The Hall–Kier alpha value is -4.72. The molecule has 8 bridgehead atoms. The summed E-state index contributed by atoms with van der Waals surface area (Å²) < 4.78 is 0. The third kappa shape index (κ3) is 7.87. The number of H-pyrrole nitrogens is 2. The Kier molecular flexibility index (Phi) is 10.4. The molecule has 0 saturated heterocycles. The normalized spacial score (nSPS) is 11.4. The van der Waals surface area contributed by atoms with Crippen LogP contribution in [0.5, 0.6) is 0 Å². The van der Waals surface area contributed by atoms with E-state index in [4.69, 9.17) is 0 Å². The van der Waals surface area contributed by atoms with Gasteiger partial charge in [-0.15, -0.1) is 0 Å². The Bertz CT molecular complexity index is 1880. The summed E-state index contributed by atoms with van der Waals surface area (Å²) in [5, 5.41) is 0. The predicted molar refractivity (Wildman–Crippen MR) is 200 cm³/mol. The fourth-order valence-corrected chi connectivity index (χ4v) is 5.41. The summed E-state index contributed by atoms with van der Waals surface area (Å²) >= 11 is 0. The smallest absolute Gasteiger partial charge is 0.00135 e. The van der Waals surface area contributed by atoms with E-state index in [0.29, 0.717) is 0 Å². The summed E-state index contributed by atoms with van der Waals surface area (Å²) in [6.07, 6.45) is 9.19. The van der Waals surface area contributed by atoms with Crippen molar-refractivity contribution in [2.45, 2.75) is 6.42 Å². The molecule has 0 spiro atoms. The maximum absolute atomic E-state index is 4.63. The van der Waals surface area contributed by atoms with Gasteiger partial charge in [-0.05, 0) is 112 Å². The van der Waals surface area contributed by atoms with Crippen molar-refractivity contribution in [3.8, 4) is 11.1 Å². The molecule has 0 unspecified atom stereocenters. The van der Waals surface area contributed by atoms with E-state index in [1.165, 1.54) is 22.3 Å². The van der Waals surface area contributed by atoms with Gasteiger partial charge in [0, 0.05) is 22.1 Å². The van der Waals surface area contributed by atoms with Gasteiger partial charge in [0.15, 0.2) is 0 Å². The quantitative estimate of drug-likeness (QED) is 0.164. The van der Waals surface area contributed by atoms with Crippen LogP contribution < -0.4 is 0 Å². The molecule has 0 saturated carbocycles. The number of aromatic amines is 2. The molecule has 0 fully saturated rings. The van der Waals surface area contributed by atoms with Crippen LogP contribution in [0.2, 0.25) is 0 Å². The van der Waals surface area contributed by atoms with E-state index in [2.05, 4.69) is 92.7 Å². The molecule has 0 atom stereocenters. The molecule has 3 aliphatic rings. The second-order valence-electron chi connectivity index (χ2n) is 10.6. The molecule has 6 aromatic rings. The molecular formula is C39H36N4SiSn.